The lowest BCUT2D eigenvalue weighted by molar-refractivity contribution is 0.407. The molecule has 1 nitrogen and oxygen atoms in total. The molecule has 0 unspecified atom stereocenters. The van der Waals surface area contributed by atoms with Gasteiger partial charge >= 0.3 is 0 Å². The smallest absolute Gasteiger partial charge is 0.127 e. The molecule has 0 N–H and O–H groups in total. The zero-order valence-electron chi connectivity index (χ0n) is 10.2. The van der Waals surface area contributed by atoms with Gasteiger partial charge in [0.1, 0.15) is 5.75 Å². The highest BCUT2D eigenvalue weighted by molar-refractivity contribution is 6.18. The van der Waals surface area contributed by atoms with Crippen LogP contribution in [-0.4, -0.2) is 7.11 Å². The Morgan fingerprint density at radius 1 is 1.06 bits per heavy atom. The van der Waals surface area contributed by atoms with Crippen LogP contribution in [0.1, 0.15) is 37.5 Å². The van der Waals surface area contributed by atoms with Crippen molar-refractivity contribution in [2.75, 3.05) is 7.11 Å². The summed E-state index contributed by atoms with van der Waals surface area (Å²) in [6.07, 6.45) is 0. The quantitative estimate of drug-likeness (QED) is 0.729. The molecule has 0 saturated heterocycles. The van der Waals surface area contributed by atoms with Gasteiger partial charge in [0.25, 0.3) is 0 Å². The summed E-state index contributed by atoms with van der Waals surface area (Å²) in [6.45, 7) is 6.51. The van der Waals surface area contributed by atoms with Crippen LogP contribution in [-0.2, 0) is 17.2 Å². The molecule has 0 aliphatic rings. The van der Waals surface area contributed by atoms with E-state index >= 15 is 0 Å². The second-order valence-electron chi connectivity index (χ2n) is 4.85. The molecular weight excluding hydrogens is 243 g/mol. The lowest BCUT2D eigenvalue weighted by Crippen LogP contribution is -2.12. The van der Waals surface area contributed by atoms with Crippen LogP contribution in [0.3, 0.4) is 0 Å². The maximum absolute atomic E-state index is 5.94. The summed E-state index contributed by atoms with van der Waals surface area (Å²) in [5.41, 5.74) is 3.34. The second kappa shape index (κ2) is 5.29. The van der Waals surface area contributed by atoms with E-state index < -0.39 is 0 Å². The van der Waals surface area contributed by atoms with Crippen molar-refractivity contribution in [3.05, 3.63) is 28.8 Å². The SMILES string of the molecule is COc1c(CCl)cc(C(C)(C)C)cc1CCl. The number of hydrogen-bond acceptors (Lipinski definition) is 1. The normalized spacial score (nSPS) is 11.6. The van der Waals surface area contributed by atoms with Gasteiger partial charge in [-0.2, -0.15) is 0 Å². The fourth-order valence-electron chi connectivity index (χ4n) is 1.65. The van der Waals surface area contributed by atoms with Crippen molar-refractivity contribution < 1.29 is 4.74 Å². The molecule has 1 aromatic rings. The van der Waals surface area contributed by atoms with Crippen molar-refractivity contribution >= 4 is 23.2 Å². The summed E-state index contributed by atoms with van der Waals surface area (Å²) >= 11 is 11.9. The molecule has 90 valence electrons. The van der Waals surface area contributed by atoms with E-state index in [1.165, 1.54) is 5.56 Å². The highest BCUT2D eigenvalue weighted by Crippen LogP contribution is 2.33. The molecule has 0 aliphatic carbocycles. The van der Waals surface area contributed by atoms with Crippen molar-refractivity contribution in [3.8, 4) is 5.75 Å². The van der Waals surface area contributed by atoms with E-state index in [0.29, 0.717) is 11.8 Å². The van der Waals surface area contributed by atoms with Crippen LogP contribution in [0.25, 0.3) is 0 Å². The van der Waals surface area contributed by atoms with Crippen LogP contribution >= 0.6 is 23.2 Å². The molecular formula is C13H18Cl2O. The maximum atomic E-state index is 5.94. The number of halogens is 2. The number of ether oxygens (including phenoxy) is 1. The zero-order valence-corrected chi connectivity index (χ0v) is 11.7. The highest BCUT2D eigenvalue weighted by atomic mass is 35.5. The van der Waals surface area contributed by atoms with Gasteiger partial charge in [0, 0.05) is 11.1 Å². The number of benzene rings is 1. The third-order valence-electron chi connectivity index (χ3n) is 2.60. The minimum Gasteiger partial charge on any atom is -0.496 e. The second-order valence-corrected chi connectivity index (χ2v) is 5.38. The molecule has 0 heterocycles. The Labute approximate surface area is 108 Å². The van der Waals surface area contributed by atoms with E-state index in [1.807, 2.05) is 0 Å². The van der Waals surface area contributed by atoms with Crippen LogP contribution in [0.4, 0.5) is 0 Å². The van der Waals surface area contributed by atoms with Gasteiger partial charge in [-0.15, -0.1) is 23.2 Å². The molecule has 0 aromatic heterocycles. The summed E-state index contributed by atoms with van der Waals surface area (Å²) in [6, 6.07) is 4.20. The molecule has 0 radical (unpaired) electrons. The molecule has 3 heteroatoms. The van der Waals surface area contributed by atoms with Crippen LogP contribution in [0.15, 0.2) is 12.1 Å². The minimum absolute atomic E-state index is 0.0912. The van der Waals surface area contributed by atoms with Gasteiger partial charge in [0.05, 0.1) is 18.9 Å². The minimum atomic E-state index is 0.0912. The van der Waals surface area contributed by atoms with Gasteiger partial charge in [0.15, 0.2) is 0 Å². The van der Waals surface area contributed by atoms with Crippen molar-refractivity contribution in [1.82, 2.24) is 0 Å². The Balaban J connectivity index is 3.37. The first-order chi connectivity index (χ1) is 7.43. The monoisotopic (exact) mass is 260 g/mol. The first kappa shape index (κ1) is 13.7. The first-order valence-electron chi connectivity index (χ1n) is 5.26. The number of methoxy groups -OCH3 is 1. The lowest BCUT2D eigenvalue weighted by Gasteiger charge is -2.22. The third kappa shape index (κ3) is 2.83. The standard InChI is InChI=1S/C13H18Cl2O/c1-13(2,3)11-5-9(7-14)12(16-4)10(6-11)8-15/h5-6H,7-8H2,1-4H3. The first-order valence-corrected chi connectivity index (χ1v) is 6.33. The Morgan fingerprint density at radius 3 is 1.75 bits per heavy atom. The van der Waals surface area contributed by atoms with Gasteiger partial charge in [-0.1, -0.05) is 32.9 Å². The number of hydrogen-bond donors (Lipinski definition) is 0. The van der Waals surface area contributed by atoms with Gasteiger partial charge in [-0.3, -0.25) is 0 Å². The predicted molar refractivity (Wildman–Crippen MR) is 70.8 cm³/mol. The number of rotatable bonds is 3. The van der Waals surface area contributed by atoms with Gasteiger partial charge < -0.3 is 4.74 Å². The van der Waals surface area contributed by atoms with E-state index in [9.17, 15) is 0 Å². The van der Waals surface area contributed by atoms with E-state index in [-0.39, 0.29) is 5.41 Å². The Morgan fingerprint density at radius 2 is 1.50 bits per heavy atom. The van der Waals surface area contributed by atoms with E-state index in [4.69, 9.17) is 27.9 Å². The summed E-state index contributed by atoms with van der Waals surface area (Å²) in [7, 11) is 1.65. The summed E-state index contributed by atoms with van der Waals surface area (Å²) in [5, 5.41) is 0. The van der Waals surface area contributed by atoms with Crippen molar-refractivity contribution in [2.45, 2.75) is 37.9 Å². The highest BCUT2D eigenvalue weighted by Gasteiger charge is 2.18. The Hall–Kier alpha value is -0.400. The zero-order chi connectivity index (χ0) is 12.3. The van der Waals surface area contributed by atoms with Crippen LogP contribution in [0, 0.1) is 0 Å². The Kier molecular flexibility index (Phi) is 4.52. The van der Waals surface area contributed by atoms with Crippen molar-refractivity contribution in [1.29, 1.82) is 0 Å². The molecule has 0 amide bonds. The van der Waals surface area contributed by atoms with Crippen LogP contribution in [0.5, 0.6) is 5.75 Å². The predicted octanol–water partition coefficient (Wildman–Crippen LogP) is 4.47. The van der Waals surface area contributed by atoms with Crippen molar-refractivity contribution in [2.24, 2.45) is 0 Å². The van der Waals surface area contributed by atoms with Gasteiger partial charge in [0.2, 0.25) is 0 Å². The molecule has 0 bridgehead atoms. The third-order valence-corrected chi connectivity index (χ3v) is 3.18. The molecule has 0 aliphatic heterocycles. The summed E-state index contributed by atoms with van der Waals surface area (Å²) < 4.78 is 5.36. The topological polar surface area (TPSA) is 9.23 Å². The fourth-order valence-corrected chi connectivity index (χ4v) is 2.05. The molecule has 0 spiro atoms. The van der Waals surface area contributed by atoms with Gasteiger partial charge in [-0.05, 0) is 11.0 Å². The molecule has 0 fully saturated rings. The lowest BCUT2D eigenvalue weighted by atomic mass is 9.85. The van der Waals surface area contributed by atoms with Crippen LogP contribution in [0.2, 0.25) is 0 Å². The average molecular weight is 261 g/mol. The molecule has 16 heavy (non-hydrogen) atoms. The van der Waals surface area contributed by atoms with E-state index in [2.05, 4.69) is 32.9 Å². The van der Waals surface area contributed by atoms with Crippen molar-refractivity contribution in [3.63, 3.8) is 0 Å². The summed E-state index contributed by atoms with van der Waals surface area (Å²) in [4.78, 5) is 0. The average Bonchev–Trinajstić information content (AvgIpc) is 2.25. The van der Waals surface area contributed by atoms with E-state index in [0.717, 1.165) is 16.9 Å². The Bertz CT molecular complexity index is 342. The molecule has 0 saturated carbocycles. The summed E-state index contributed by atoms with van der Waals surface area (Å²) in [5.74, 6) is 1.70. The largest absolute Gasteiger partial charge is 0.496 e. The van der Waals surface area contributed by atoms with Gasteiger partial charge in [-0.25, -0.2) is 0 Å². The molecule has 1 aromatic carbocycles. The van der Waals surface area contributed by atoms with Crippen LogP contribution < -0.4 is 4.74 Å². The molecule has 0 atom stereocenters. The van der Waals surface area contributed by atoms with E-state index in [1.54, 1.807) is 7.11 Å². The number of alkyl halides is 2. The molecule has 1 rings (SSSR count). The fraction of sp³-hybridized carbons (Fsp3) is 0.538. The maximum Gasteiger partial charge on any atom is 0.127 e.